The molecular formula is C21H22N2O4. The van der Waals surface area contributed by atoms with Gasteiger partial charge in [-0.05, 0) is 42.8 Å². The highest BCUT2D eigenvalue weighted by Crippen LogP contribution is 2.31. The van der Waals surface area contributed by atoms with Crippen LogP contribution in [-0.4, -0.2) is 18.4 Å². The summed E-state index contributed by atoms with van der Waals surface area (Å²) >= 11 is 0. The topological polar surface area (TPSA) is 94.6 Å². The number of benzene rings is 2. The highest BCUT2D eigenvalue weighted by atomic mass is 16.5. The number of ether oxygens (including phenoxy) is 1. The predicted octanol–water partition coefficient (Wildman–Crippen LogP) is 4.35. The lowest BCUT2D eigenvalue weighted by Crippen LogP contribution is -2.17. The third-order valence-corrected chi connectivity index (χ3v) is 4.19. The van der Waals surface area contributed by atoms with Crippen LogP contribution >= 0.6 is 0 Å². The number of nitrogens with two attached hydrogens (primary N) is 1. The molecule has 27 heavy (non-hydrogen) atoms. The monoisotopic (exact) mass is 366 g/mol. The first-order valence-corrected chi connectivity index (χ1v) is 8.95. The molecule has 0 aliphatic carbocycles. The quantitative estimate of drug-likeness (QED) is 0.579. The van der Waals surface area contributed by atoms with E-state index in [0.29, 0.717) is 28.9 Å². The maximum absolute atomic E-state index is 12.6. The molecule has 2 aromatic carbocycles. The van der Waals surface area contributed by atoms with E-state index in [-0.39, 0.29) is 17.4 Å². The van der Waals surface area contributed by atoms with Crippen molar-refractivity contribution >= 4 is 28.5 Å². The molecule has 3 N–H and O–H groups in total. The molecular weight excluding hydrogens is 344 g/mol. The minimum Gasteiger partial charge on any atom is -0.494 e. The van der Waals surface area contributed by atoms with Crippen molar-refractivity contribution in [1.29, 1.82) is 0 Å². The minimum absolute atomic E-state index is 0.0690. The zero-order valence-electron chi connectivity index (χ0n) is 15.2. The summed E-state index contributed by atoms with van der Waals surface area (Å²) in [7, 11) is 0. The Labute approximate surface area is 157 Å². The summed E-state index contributed by atoms with van der Waals surface area (Å²) in [4.78, 5) is 24.3. The number of anilines is 1. The van der Waals surface area contributed by atoms with Crippen LogP contribution in [-0.2, 0) is 0 Å². The van der Waals surface area contributed by atoms with Crippen LogP contribution in [0.25, 0.3) is 11.0 Å². The summed E-state index contributed by atoms with van der Waals surface area (Å²) in [5.74, 6) is -0.450. The van der Waals surface area contributed by atoms with Crippen molar-refractivity contribution in [3.63, 3.8) is 0 Å². The molecule has 0 saturated heterocycles. The smallest absolute Gasteiger partial charge is 0.286 e. The SMILES string of the molecule is CCCCCOc1ccc(C(=O)Nc2c(C(N)=O)oc3ccccc23)cc1. The van der Waals surface area contributed by atoms with Crippen molar-refractivity contribution in [3.05, 3.63) is 59.9 Å². The summed E-state index contributed by atoms with van der Waals surface area (Å²) in [6.07, 6.45) is 3.27. The van der Waals surface area contributed by atoms with Crippen molar-refractivity contribution in [1.82, 2.24) is 0 Å². The zero-order valence-corrected chi connectivity index (χ0v) is 15.2. The van der Waals surface area contributed by atoms with E-state index in [2.05, 4.69) is 12.2 Å². The molecule has 3 aromatic rings. The molecule has 0 aliphatic heterocycles. The van der Waals surface area contributed by atoms with Crippen molar-refractivity contribution < 1.29 is 18.7 Å². The van der Waals surface area contributed by atoms with Crippen molar-refractivity contribution in [3.8, 4) is 5.75 Å². The Hall–Kier alpha value is -3.28. The summed E-state index contributed by atoms with van der Waals surface area (Å²) < 4.78 is 11.1. The van der Waals surface area contributed by atoms with Gasteiger partial charge in [0.25, 0.3) is 11.8 Å². The minimum atomic E-state index is -0.739. The average molecular weight is 366 g/mol. The lowest BCUT2D eigenvalue weighted by atomic mass is 10.1. The number of hydrogen-bond acceptors (Lipinski definition) is 4. The van der Waals surface area contributed by atoms with Crippen LogP contribution in [0.5, 0.6) is 5.75 Å². The summed E-state index contributed by atoms with van der Waals surface area (Å²) in [5.41, 5.74) is 6.59. The van der Waals surface area contributed by atoms with Gasteiger partial charge in [0.2, 0.25) is 5.76 Å². The predicted molar refractivity (Wildman–Crippen MR) is 104 cm³/mol. The Bertz CT molecular complexity index is 944. The van der Waals surface area contributed by atoms with Gasteiger partial charge in [-0.25, -0.2) is 0 Å². The first kappa shape index (κ1) is 18.5. The lowest BCUT2D eigenvalue weighted by Gasteiger charge is -2.08. The maximum atomic E-state index is 12.6. The van der Waals surface area contributed by atoms with Crippen molar-refractivity contribution in [2.24, 2.45) is 5.73 Å². The Morgan fingerprint density at radius 2 is 1.81 bits per heavy atom. The molecule has 1 aromatic heterocycles. The lowest BCUT2D eigenvalue weighted by molar-refractivity contribution is 0.0977. The molecule has 0 radical (unpaired) electrons. The molecule has 140 valence electrons. The third-order valence-electron chi connectivity index (χ3n) is 4.19. The number of amides is 2. The fourth-order valence-corrected chi connectivity index (χ4v) is 2.77. The number of primary amides is 1. The van der Waals surface area contributed by atoms with E-state index in [1.807, 2.05) is 0 Å². The van der Waals surface area contributed by atoms with E-state index in [1.54, 1.807) is 48.5 Å². The van der Waals surface area contributed by atoms with Gasteiger partial charge in [0.15, 0.2) is 0 Å². The molecule has 3 rings (SSSR count). The number of carbonyl (C=O) groups excluding carboxylic acids is 2. The highest BCUT2D eigenvalue weighted by Gasteiger charge is 2.20. The van der Waals surface area contributed by atoms with Gasteiger partial charge in [-0.1, -0.05) is 31.9 Å². The number of hydrogen-bond donors (Lipinski definition) is 2. The van der Waals surface area contributed by atoms with Gasteiger partial charge in [-0.2, -0.15) is 0 Å². The number of fused-ring (bicyclic) bond motifs is 1. The van der Waals surface area contributed by atoms with Crippen molar-refractivity contribution in [2.45, 2.75) is 26.2 Å². The van der Waals surface area contributed by atoms with E-state index in [4.69, 9.17) is 14.9 Å². The van der Waals surface area contributed by atoms with Crippen LogP contribution in [0.1, 0.15) is 47.1 Å². The molecule has 0 fully saturated rings. The molecule has 6 nitrogen and oxygen atoms in total. The first-order chi connectivity index (χ1) is 13.1. The van der Waals surface area contributed by atoms with Gasteiger partial charge in [0.1, 0.15) is 17.0 Å². The maximum Gasteiger partial charge on any atom is 0.286 e. The van der Waals surface area contributed by atoms with Crippen LogP contribution in [0, 0.1) is 0 Å². The van der Waals surface area contributed by atoms with Gasteiger partial charge >= 0.3 is 0 Å². The molecule has 0 spiro atoms. The number of rotatable bonds is 8. The normalized spacial score (nSPS) is 10.7. The van der Waals surface area contributed by atoms with Gasteiger partial charge < -0.3 is 20.2 Å². The number of unbranched alkanes of at least 4 members (excludes halogenated alkanes) is 2. The molecule has 6 heteroatoms. The Morgan fingerprint density at radius 1 is 1.07 bits per heavy atom. The summed E-state index contributed by atoms with van der Waals surface area (Å²) in [5, 5.41) is 3.36. The molecule has 0 bridgehead atoms. The Balaban J connectivity index is 1.75. The first-order valence-electron chi connectivity index (χ1n) is 8.95. The van der Waals surface area contributed by atoms with Gasteiger partial charge in [-0.3, -0.25) is 9.59 Å². The zero-order chi connectivity index (χ0) is 19.2. The van der Waals surface area contributed by atoms with E-state index in [0.717, 1.165) is 19.3 Å². The fourth-order valence-electron chi connectivity index (χ4n) is 2.77. The van der Waals surface area contributed by atoms with Gasteiger partial charge in [0, 0.05) is 10.9 Å². The summed E-state index contributed by atoms with van der Waals surface area (Å²) in [6, 6.07) is 13.9. The van der Waals surface area contributed by atoms with Gasteiger partial charge in [0.05, 0.1) is 6.61 Å². The van der Waals surface area contributed by atoms with Crippen LogP contribution in [0.3, 0.4) is 0 Å². The number of furan rings is 1. The number of para-hydroxylation sites is 1. The van der Waals surface area contributed by atoms with Crippen LogP contribution < -0.4 is 15.8 Å². The molecule has 1 heterocycles. The second kappa shape index (κ2) is 8.40. The van der Waals surface area contributed by atoms with E-state index >= 15 is 0 Å². The van der Waals surface area contributed by atoms with E-state index in [9.17, 15) is 9.59 Å². The second-order valence-electron chi connectivity index (χ2n) is 6.20. The number of carbonyl (C=O) groups is 2. The molecule has 0 saturated carbocycles. The Kier molecular flexibility index (Phi) is 5.76. The molecule has 0 atom stereocenters. The van der Waals surface area contributed by atoms with Crippen molar-refractivity contribution in [2.75, 3.05) is 11.9 Å². The molecule has 0 unspecified atom stereocenters. The third kappa shape index (κ3) is 4.28. The largest absolute Gasteiger partial charge is 0.494 e. The Morgan fingerprint density at radius 3 is 2.52 bits per heavy atom. The fraction of sp³-hybridized carbons (Fsp3) is 0.238. The van der Waals surface area contributed by atoms with E-state index in [1.165, 1.54) is 0 Å². The number of nitrogens with one attached hydrogen (secondary N) is 1. The second-order valence-corrected chi connectivity index (χ2v) is 6.20. The standard InChI is InChI=1S/C21H22N2O4/c1-2-3-6-13-26-15-11-9-14(10-12-15)21(25)23-18-16-7-4-5-8-17(16)27-19(18)20(22)24/h4-5,7-12H,2-3,6,13H2,1H3,(H2,22,24)(H,23,25). The van der Waals surface area contributed by atoms with E-state index < -0.39 is 5.91 Å². The summed E-state index contributed by atoms with van der Waals surface area (Å²) in [6.45, 7) is 2.79. The van der Waals surface area contributed by atoms with Crippen LogP contribution in [0.4, 0.5) is 5.69 Å². The van der Waals surface area contributed by atoms with Gasteiger partial charge in [-0.15, -0.1) is 0 Å². The molecule has 2 amide bonds. The van der Waals surface area contributed by atoms with Crippen LogP contribution in [0.2, 0.25) is 0 Å². The average Bonchev–Trinajstić information content (AvgIpc) is 3.05. The highest BCUT2D eigenvalue weighted by molar-refractivity contribution is 6.14. The van der Waals surface area contributed by atoms with Crippen LogP contribution in [0.15, 0.2) is 52.9 Å². The molecule has 0 aliphatic rings.